The summed E-state index contributed by atoms with van der Waals surface area (Å²) >= 11 is 2.96. The maximum Gasteiger partial charge on any atom is 0.350 e. The third-order valence-corrected chi connectivity index (χ3v) is 2.67. The monoisotopic (exact) mass is 321 g/mol. The van der Waals surface area contributed by atoms with Crippen LogP contribution in [0.4, 0.5) is 5.69 Å². The van der Waals surface area contributed by atoms with Gasteiger partial charge in [0.2, 0.25) is 0 Å². The molecular formula is C8H8BrN3O6. The molecule has 1 unspecified atom stereocenters. The van der Waals surface area contributed by atoms with Crippen LogP contribution in [0, 0.1) is 10.1 Å². The Morgan fingerprint density at radius 3 is 2.78 bits per heavy atom. The average Bonchev–Trinajstić information content (AvgIpc) is 2.30. The third kappa shape index (κ3) is 3.03. The molecule has 0 aliphatic carbocycles. The number of esters is 1. The Morgan fingerprint density at radius 2 is 2.28 bits per heavy atom. The molecule has 1 aromatic rings. The summed E-state index contributed by atoms with van der Waals surface area (Å²) in [4.78, 5) is 44.1. The molecule has 1 rings (SSSR count). The van der Waals surface area contributed by atoms with Crippen molar-refractivity contribution < 1.29 is 14.5 Å². The number of rotatable bonds is 4. The van der Waals surface area contributed by atoms with Gasteiger partial charge in [-0.25, -0.2) is 4.79 Å². The Balaban J connectivity index is 3.14. The molecule has 0 fully saturated rings. The van der Waals surface area contributed by atoms with Crippen LogP contribution < -0.4 is 11.2 Å². The summed E-state index contributed by atoms with van der Waals surface area (Å²) in [7, 11) is 1.16. The number of carbonyl (C=O) groups is 1. The number of ether oxygens (including phenoxy) is 1. The van der Waals surface area contributed by atoms with Gasteiger partial charge in [0.25, 0.3) is 0 Å². The van der Waals surface area contributed by atoms with Crippen LogP contribution in [0.15, 0.2) is 15.8 Å². The van der Waals surface area contributed by atoms with Crippen LogP contribution in [0.2, 0.25) is 0 Å². The van der Waals surface area contributed by atoms with Crippen molar-refractivity contribution >= 4 is 27.6 Å². The molecule has 0 saturated carbocycles. The Labute approximate surface area is 108 Å². The van der Waals surface area contributed by atoms with Gasteiger partial charge in [0, 0.05) is 0 Å². The minimum atomic E-state index is -1.09. The summed E-state index contributed by atoms with van der Waals surface area (Å²) in [6.45, 7) is -0.205. The van der Waals surface area contributed by atoms with E-state index < -0.39 is 32.7 Å². The van der Waals surface area contributed by atoms with Gasteiger partial charge in [0.05, 0.1) is 24.8 Å². The first kappa shape index (κ1) is 14.1. The van der Waals surface area contributed by atoms with E-state index in [0.717, 1.165) is 17.9 Å². The van der Waals surface area contributed by atoms with Gasteiger partial charge in [0.1, 0.15) is 4.83 Å². The zero-order valence-electron chi connectivity index (χ0n) is 9.08. The second-order valence-corrected chi connectivity index (χ2v) is 4.28. The minimum absolute atomic E-state index is 0.205. The molecule has 1 aromatic heterocycles. The predicted molar refractivity (Wildman–Crippen MR) is 62.7 cm³/mol. The SMILES string of the molecule is COC(=O)C(Br)Cn1cc([N+](=O)[O-])c(=O)[nH]c1=O. The lowest BCUT2D eigenvalue weighted by molar-refractivity contribution is -0.386. The molecule has 1 heterocycles. The van der Waals surface area contributed by atoms with E-state index in [1.54, 1.807) is 4.98 Å². The van der Waals surface area contributed by atoms with Crippen molar-refractivity contribution in [1.82, 2.24) is 9.55 Å². The van der Waals surface area contributed by atoms with Crippen molar-refractivity contribution in [3.63, 3.8) is 0 Å². The first-order valence-corrected chi connectivity index (χ1v) is 5.48. The first-order valence-electron chi connectivity index (χ1n) is 4.57. The Hall–Kier alpha value is -1.97. The van der Waals surface area contributed by atoms with E-state index in [0.29, 0.717) is 0 Å². The van der Waals surface area contributed by atoms with Gasteiger partial charge in [-0.3, -0.25) is 29.3 Å². The van der Waals surface area contributed by atoms with Crippen molar-refractivity contribution in [2.24, 2.45) is 0 Å². The number of methoxy groups -OCH3 is 1. The van der Waals surface area contributed by atoms with Crippen molar-refractivity contribution in [2.75, 3.05) is 7.11 Å². The van der Waals surface area contributed by atoms with E-state index >= 15 is 0 Å². The summed E-state index contributed by atoms with van der Waals surface area (Å²) in [5.74, 6) is -0.643. The van der Waals surface area contributed by atoms with Gasteiger partial charge >= 0.3 is 22.9 Å². The van der Waals surface area contributed by atoms with E-state index in [1.807, 2.05) is 0 Å². The number of aromatic amines is 1. The molecule has 0 aromatic carbocycles. The molecule has 0 spiro atoms. The van der Waals surface area contributed by atoms with Crippen LogP contribution in [0.25, 0.3) is 0 Å². The van der Waals surface area contributed by atoms with Crippen molar-refractivity contribution in [1.29, 1.82) is 0 Å². The highest BCUT2D eigenvalue weighted by Crippen LogP contribution is 2.06. The number of nitrogens with one attached hydrogen (secondary N) is 1. The number of hydrogen-bond donors (Lipinski definition) is 1. The fourth-order valence-electron chi connectivity index (χ4n) is 1.14. The number of hydrogen-bond acceptors (Lipinski definition) is 6. The van der Waals surface area contributed by atoms with Gasteiger partial charge in [-0.15, -0.1) is 0 Å². The van der Waals surface area contributed by atoms with E-state index in [-0.39, 0.29) is 6.54 Å². The highest BCUT2D eigenvalue weighted by molar-refractivity contribution is 9.10. The molecule has 1 N–H and O–H groups in total. The second-order valence-electron chi connectivity index (χ2n) is 3.17. The summed E-state index contributed by atoms with van der Waals surface area (Å²) in [5, 5.41) is 10.5. The largest absolute Gasteiger partial charge is 0.468 e. The molecule has 9 nitrogen and oxygen atoms in total. The molecule has 0 bridgehead atoms. The molecule has 1 atom stereocenters. The highest BCUT2D eigenvalue weighted by atomic mass is 79.9. The van der Waals surface area contributed by atoms with Crippen molar-refractivity contribution in [2.45, 2.75) is 11.4 Å². The molecule has 0 aliphatic rings. The first-order chi connectivity index (χ1) is 8.36. The highest BCUT2D eigenvalue weighted by Gasteiger charge is 2.20. The topological polar surface area (TPSA) is 124 Å². The van der Waals surface area contributed by atoms with Gasteiger partial charge in [-0.1, -0.05) is 15.9 Å². The number of aromatic nitrogens is 2. The summed E-state index contributed by atoms with van der Waals surface area (Å²) in [6.07, 6.45) is 0.776. The lowest BCUT2D eigenvalue weighted by Crippen LogP contribution is -2.34. The molecule has 0 saturated heterocycles. The maximum absolute atomic E-state index is 11.4. The molecule has 0 radical (unpaired) electrons. The standard InChI is InChI=1S/C8H8BrN3O6/c1-18-7(14)4(9)2-11-3-5(12(16)17)6(13)10-8(11)15/h3-4H,2H2,1H3,(H,10,13,15). The third-order valence-electron chi connectivity index (χ3n) is 2.00. The van der Waals surface area contributed by atoms with Gasteiger partial charge in [-0.05, 0) is 0 Å². The average molecular weight is 322 g/mol. The molecule has 18 heavy (non-hydrogen) atoms. The normalized spacial score (nSPS) is 11.9. The fourth-order valence-corrected chi connectivity index (χ4v) is 1.64. The van der Waals surface area contributed by atoms with Gasteiger partial charge in [0.15, 0.2) is 0 Å². The Morgan fingerprint density at radius 1 is 1.67 bits per heavy atom. The van der Waals surface area contributed by atoms with Gasteiger partial charge in [-0.2, -0.15) is 0 Å². The van der Waals surface area contributed by atoms with E-state index in [2.05, 4.69) is 20.7 Å². The van der Waals surface area contributed by atoms with Crippen LogP contribution in [0.5, 0.6) is 0 Å². The summed E-state index contributed by atoms with van der Waals surface area (Å²) < 4.78 is 5.26. The number of alkyl halides is 1. The summed E-state index contributed by atoms with van der Waals surface area (Å²) in [6, 6.07) is 0. The molecule has 0 aliphatic heterocycles. The van der Waals surface area contributed by atoms with E-state index in [1.165, 1.54) is 0 Å². The zero-order valence-corrected chi connectivity index (χ0v) is 10.7. The van der Waals surface area contributed by atoms with Crippen LogP contribution >= 0.6 is 15.9 Å². The number of H-pyrrole nitrogens is 1. The molecular weight excluding hydrogens is 314 g/mol. The van der Waals surface area contributed by atoms with Crippen LogP contribution in [-0.2, 0) is 16.1 Å². The maximum atomic E-state index is 11.4. The lowest BCUT2D eigenvalue weighted by atomic mass is 10.4. The van der Waals surface area contributed by atoms with E-state index in [9.17, 15) is 24.5 Å². The van der Waals surface area contributed by atoms with Gasteiger partial charge < -0.3 is 4.74 Å². The lowest BCUT2D eigenvalue weighted by Gasteiger charge is -2.08. The minimum Gasteiger partial charge on any atom is -0.468 e. The zero-order chi connectivity index (χ0) is 13.9. The number of halogens is 1. The Kier molecular flexibility index (Phi) is 4.37. The number of nitro groups is 1. The molecule has 10 heteroatoms. The number of carbonyl (C=O) groups excluding carboxylic acids is 1. The van der Waals surface area contributed by atoms with E-state index in [4.69, 9.17) is 0 Å². The second kappa shape index (κ2) is 5.58. The smallest absolute Gasteiger partial charge is 0.350 e. The molecule has 0 amide bonds. The van der Waals surface area contributed by atoms with Crippen LogP contribution in [0.1, 0.15) is 0 Å². The Bertz CT molecular complexity index is 591. The quantitative estimate of drug-likeness (QED) is 0.341. The molecule has 98 valence electrons. The van der Waals surface area contributed by atoms with Crippen molar-refractivity contribution in [3.8, 4) is 0 Å². The predicted octanol–water partition coefficient (Wildman–Crippen LogP) is -0.619. The van der Waals surface area contributed by atoms with Crippen LogP contribution in [-0.4, -0.2) is 32.4 Å². The van der Waals surface area contributed by atoms with Crippen molar-refractivity contribution in [3.05, 3.63) is 37.1 Å². The summed E-state index contributed by atoms with van der Waals surface area (Å²) in [5.41, 5.74) is -2.72. The number of nitrogens with zero attached hydrogens (tertiary/aromatic N) is 2. The fraction of sp³-hybridized carbons (Fsp3) is 0.375. The van der Waals surface area contributed by atoms with Crippen LogP contribution in [0.3, 0.4) is 0 Å².